The van der Waals surface area contributed by atoms with Gasteiger partial charge in [-0.15, -0.1) is 0 Å². The second-order valence-corrected chi connectivity index (χ2v) is 4.48. The summed E-state index contributed by atoms with van der Waals surface area (Å²) in [5.74, 6) is 1.55. The van der Waals surface area contributed by atoms with Gasteiger partial charge in [-0.1, -0.05) is 6.07 Å². The van der Waals surface area contributed by atoms with Crippen LogP contribution in [-0.2, 0) is 9.47 Å². The highest BCUT2D eigenvalue weighted by Crippen LogP contribution is 2.30. The summed E-state index contributed by atoms with van der Waals surface area (Å²) in [4.78, 5) is 0. The van der Waals surface area contributed by atoms with Crippen molar-refractivity contribution in [2.24, 2.45) is 0 Å². The van der Waals surface area contributed by atoms with Crippen LogP contribution in [0.4, 0.5) is 0 Å². The number of methoxy groups -OCH3 is 1. The van der Waals surface area contributed by atoms with Crippen molar-refractivity contribution in [2.45, 2.75) is 19.9 Å². The molecule has 5 heteroatoms. The van der Waals surface area contributed by atoms with Crippen LogP contribution in [-0.4, -0.2) is 47.2 Å². The number of likely N-dealkylation sites (N-methyl/N-ethyl adjacent to an activating group) is 1. The maximum Gasteiger partial charge on any atom is 0.161 e. The summed E-state index contributed by atoms with van der Waals surface area (Å²) in [7, 11) is 3.58. The second kappa shape index (κ2) is 10.4. The van der Waals surface area contributed by atoms with Crippen LogP contribution < -0.4 is 14.8 Å². The van der Waals surface area contributed by atoms with E-state index < -0.39 is 0 Å². The van der Waals surface area contributed by atoms with Gasteiger partial charge in [0.15, 0.2) is 11.5 Å². The minimum absolute atomic E-state index is 0.108. The fourth-order valence-corrected chi connectivity index (χ4v) is 1.97. The molecular weight excluding hydrogens is 270 g/mol. The number of benzene rings is 1. The lowest BCUT2D eigenvalue weighted by atomic mass is 10.1. The zero-order valence-electron chi connectivity index (χ0n) is 13.5. The SMILES string of the molecule is CCOc1ccc(C(COCCOC)NC)cc1OCC. The van der Waals surface area contributed by atoms with E-state index in [0.717, 1.165) is 17.1 Å². The molecule has 0 aliphatic heterocycles. The molecule has 0 saturated heterocycles. The molecule has 1 aromatic carbocycles. The Bertz CT molecular complexity index is 398. The van der Waals surface area contributed by atoms with Gasteiger partial charge in [-0.25, -0.2) is 0 Å². The number of rotatable bonds is 11. The van der Waals surface area contributed by atoms with Gasteiger partial charge in [-0.3, -0.25) is 0 Å². The zero-order valence-corrected chi connectivity index (χ0v) is 13.5. The van der Waals surface area contributed by atoms with Crippen LogP contribution in [0.15, 0.2) is 18.2 Å². The summed E-state index contributed by atoms with van der Waals surface area (Å²) in [6.45, 7) is 6.93. The molecule has 1 atom stereocenters. The molecule has 0 amide bonds. The van der Waals surface area contributed by atoms with Gasteiger partial charge < -0.3 is 24.3 Å². The van der Waals surface area contributed by atoms with E-state index >= 15 is 0 Å². The standard InChI is InChI=1S/C16H27NO4/c1-5-20-15-8-7-13(11-16(15)21-6-2)14(17-3)12-19-10-9-18-4/h7-8,11,14,17H,5-6,9-10,12H2,1-4H3. The quantitative estimate of drug-likeness (QED) is 0.636. The Morgan fingerprint density at radius 1 is 1.05 bits per heavy atom. The van der Waals surface area contributed by atoms with Crippen molar-refractivity contribution in [3.63, 3.8) is 0 Å². The molecule has 0 aromatic heterocycles. The molecule has 0 aliphatic rings. The largest absolute Gasteiger partial charge is 0.490 e. The van der Waals surface area contributed by atoms with Crippen LogP contribution >= 0.6 is 0 Å². The Morgan fingerprint density at radius 2 is 1.76 bits per heavy atom. The van der Waals surface area contributed by atoms with Crippen molar-refractivity contribution in [1.82, 2.24) is 5.32 Å². The lowest BCUT2D eigenvalue weighted by molar-refractivity contribution is 0.0596. The third kappa shape index (κ3) is 5.91. The molecule has 1 unspecified atom stereocenters. The van der Waals surface area contributed by atoms with Crippen LogP contribution in [0.25, 0.3) is 0 Å². The van der Waals surface area contributed by atoms with Crippen molar-refractivity contribution >= 4 is 0 Å². The molecule has 0 saturated carbocycles. The van der Waals surface area contributed by atoms with Gasteiger partial charge in [0.2, 0.25) is 0 Å². The minimum atomic E-state index is 0.108. The molecule has 120 valence electrons. The maximum atomic E-state index is 5.65. The molecule has 1 rings (SSSR count). The van der Waals surface area contributed by atoms with Crippen molar-refractivity contribution in [3.8, 4) is 11.5 Å². The Balaban J connectivity index is 2.76. The van der Waals surface area contributed by atoms with Gasteiger partial charge in [-0.05, 0) is 38.6 Å². The fourth-order valence-electron chi connectivity index (χ4n) is 1.97. The third-order valence-electron chi connectivity index (χ3n) is 3.03. The van der Waals surface area contributed by atoms with E-state index in [1.165, 1.54) is 0 Å². The topological polar surface area (TPSA) is 49.0 Å². The molecule has 5 nitrogen and oxygen atoms in total. The smallest absolute Gasteiger partial charge is 0.161 e. The molecule has 0 fully saturated rings. The summed E-state index contributed by atoms with van der Waals surface area (Å²) >= 11 is 0. The highest BCUT2D eigenvalue weighted by atomic mass is 16.5. The van der Waals surface area contributed by atoms with Crippen LogP contribution in [0.1, 0.15) is 25.5 Å². The summed E-state index contributed by atoms with van der Waals surface area (Å²) < 4.78 is 21.8. The van der Waals surface area contributed by atoms with Crippen LogP contribution in [0.5, 0.6) is 11.5 Å². The predicted octanol–water partition coefficient (Wildman–Crippen LogP) is 2.41. The predicted molar refractivity (Wildman–Crippen MR) is 83.3 cm³/mol. The summed E-state index contributed by atoms with van der Waals surface area (Å²) in [6, 6.07) is 6.10. The Labute approximate surface area is 127 Å². The number of hydrogen-bond acceptors (Lipinski definition) is 5. The molecule has 1 aromatic rings. The average Bonchev–Trinajstić information content (AvgIpc) is 2.50. The number of ether oxygens (including phenoxy) is 4. The first-order valence-electron chi connectivity index (χ1n) is 7.40. The summed E-state index contributed by atoms with van der Waals surface area (Å²) in [5.41, 5.74) is 1.11. The normalized spacial score (nSPS) is 12.2. The Hall–Kier alpha value is -1.30. The first-order chi connectivity index (χ1) is 10.3. The van der Waals surface area contributed by atoms with Gasteiger partial charge >= 0.3 is 0 Å². The van der Waals surface area contributed by atoms with Gasteiger partial charge in [-0.2, -0.15) is 0 Å². The van der Waals surface area contributed by atoms with E-state index in [0.29, 0.717) is 33.0 Å². The van der Waals surface area contributed by atoms with E-state index in [9.17, 15) is 0 Å². The lowest BCUT2D eigenvalue weighted by Gasteiger charge is -2.19. The molecule has 0 radical (unpaired) electrons. The third-order valence-corrected chi connectivity index (χ3v) is 3.03. The van der Waals surface area contributed by atoms with Crippen molar-refractivity contribution < 1.29 is 18.9 Å². The first kappa shape index (κ1) is 17.8. The Kier molecular flexibility index (Phi) is 8.82. The van der Waals surface area contributed by atoms with Crippen LogP contribution in [0, 0.1) is 0 Å². The summed E-state index contributed by atoms with van der Waals surface area (Å²) in [5, 5.41) is 3.25. The average molecular weight is 297 g/mol. The van der Waals surface area contributed by atoms with Gasteiger partial charge in [0.25, 0.3) is 0 Å². The number of hydrogen-bond donors (Lipinski definition) is 1. The van der Waals surface area contributed by atoms with E-state index in [1.807, 2.05) is 39.1 Å². The van der Waals surface area contributed by atoms with E-state index in [1.54, 1.807) is 7.11 Å². The summed E-state index contributed by atoms with van der Waals surface area (Å²) in [6.07, 6.45) is 0. The highest BCUT2D eigenvalue weighted by molar-refractivity contribution is 5.44. The molecule has 0 spiro atoms. The second-order valence-electron chi connectivity index (χ2n) is 4.48. The van der Waals surface area contributed by atoms with Crippen molar-refractivity contribution in [3.05, 3.63) is 23.8 Å². The fraction of sp³-hybridized carbons (Fsp3) is 0.625. The van der Waals surface area contributed by atoms with Crippen molar-refractivity contribution in [1.29, 1.82) is 0 Å². The maximum absolute atomic E-state index is 5.65. The van der Waals surface area contributed by atoms with Crippen LogP contribution in [0.2, 0.25) is 0 Å². The van der Waals surface area contributed by atoms with E-state index in [2.05, 4.69) is 5.32 Å². The molecule has 1 N–H and O–H groups in total. The minimum Gasteiger partial charge on any atom is -0.490 e. The zero-order chi connectivity index (χ0) is 15.5. The molecule has 0 aliphatic carbocycles. The highest BCUT2D eigenvalue weighted by Gasteiger charge is 2.13. The molecule has 0 heterocycles. The lowest BCUT2D eigenvalue weighted by Crippen LogP contribution is -2.22. The monoisotopic (exact) mass is 297 g/mol. The first-order valence-corrected chi connectivity index (χ1v) is 7.40. The van der Waals surface area contributed by atoms with Gasteiger partial charge in [0, 0.05) is 7.11 Å². The van der Waals surface area contributed by atoms with E-state index in [4.69, 9.17) is 18.9 Å². The Morgan fingerprint density at radius 3 is 2.38 bits per heavy atom. The van der Waals surface area contributed by atoms with Gasteiger partial charge in [0.1, 0.15) is 0 Å². The number of nitrogens with one attached hydrogen (secondary N) is 1. The molecule has 0 bridgehead atoms. The van der Waals surface area contributed by atoms with Gasteiger partial charge in [0.05, 0.1) is 39.1 Å². The van der Waals surface area contributed by atoms with Crippen molar-refractivity contribution in [2.75, 3.05) is 47.2 Å². The van der Waals surface area contributed by atoms with E-state index in [-0.39, 0.29) is 6.04 Å². The van der Waals surface area contributed by atoms with Crippen LogP contribution in [0.3, 0.4) is 0 Å². The molecular formula is C16H27NO4. The molecule has 21 heavy (non-hydrogen) atoms.